The van der Waals surface area contributed by atoms with Crippen molar-refractivity contribution in [3.05, 3.63) is 82.8 Å². The quantitative estimate of drug-likeness (QED) is 0.295. The molecule has 2 amide bonds. The van der Waals surface area contributed by atoms with Crippen molar-refractivity contribution in [1.29, 1.82) is 0 Å². The van der Waals surface area contributed by atoms with E-state index in [-0.39, 0.29) is 23.1 Å². The van der Waals surface area contributed by atoms with Gasteiger partial charge in [-0.3, -0.25) is 13.9 Å². The fourth-order valence-electron chi connectivity index (χ4n) is 4.04. The second kappa shape index (κ2) is 14.2. The third-order valence-corrected chi connectivity index (χ3v) is 8.49. The zero-order chi connectivity index (χ0) is 29.3. The molecule has 0 aliphatic carbocycles. The van der Waals surface area contributed by atoms with Crippen LogP contribution in [0.4, 0.5) is 5.69 Å². The van der Waals surface area contributed by atoms with Crippen molar-refractivity contribution in [3.8, 4) is 11.5 Å². The van der Waals surface area contributed by atoms with Gasteiger partial charge in [-0.15, -0.1) is 0 Å². The fourth-order valence-corrected chi connectivity index (χ4v) is 5.91. The van der Waals surface area contributed by atoms with Gasteiger partial charge in [-0.2, -0.15) is 0 Å². The van der Waals surface area contributed by atoms with E-state index in [1.54, 1.807) is 37.3 Å². The molecule has 0 saturated heterocycles. The summed E-state index contributed by atoms with van der Waals surface area (Å²) in [5.74, 6) is -0.248. The maximum atomic E-state index is 14.0. The minimum absolute atomic E-state index is 0.0749. The van der Waals surface area contributed by atoms with E-state index >= 15 is 0 Å². The number of ether oxygens (including phenoxy) is 2. The van der Waals surface area contributed by atoms with Gasteiger partial charge in [0.25, 0.3) is 10.0 Å². The summed E-state index contributed by atoms with van der Waals surface area (Å²) in [6.45, 7) is 3.62. The van der Waals surface area contributed by atoms with Crippen LogP contribution in [0, 0.1) is 0 Å². The number of methoxy groups -OCH3 is 2. The van der Waals surface area contributed by atoms with Gasteiger partial charge in [0.1, 0.15) is 12.6 Å². The molecule has 0 bridgehead atoms. The molecule has 3 aromatic carbocycles. The minimum Gasteiger partial charge on any atom is -0.493 e. The Labute approximate surface area is 244 Å². The molecular formula is C29H34BrN3O6S. The SMILES string of the molecule is CCCNC(=O)[C@H](C)N(Cc1cccc(Br)c1)C(=O)CN(c1ccccc1)S(=O)(=O)c1ccc(OC)c(OC)c1. The Morgan fingerprint density at radius 1 is 0.950 bits per heavy atom. The molecule has 0 fully saturated rings. The number of hydrogen-bond acceptors (Lipinski definition) is 6. The summed E-state index contributed by atoms with van der Waals surface area (Å²) in [5, 5.41) is 2.83. The fraction of sp³-hybridized carbons (Fsp3) is 0.310. The number of sulfonamides is 1. The number of halogens is 1. The summed E-state index contributed by atoms with van der Waals surface area (Å²) in [4.78, 5) is 28.2. The predicted octanol–water partition coefficient (Wildman–Crippen LogP) is 4.61. The van der Waals surface area contributed by atoms with Gasteiger partial charge in [-0.25, -0.2) is 8.42 Å². The van der Waals surface area contributed by atoms with Crippen LogP contribution in [0.5, 0.6) is 11.5 Å². The predicted molar refractivity (Wildman–Crippen MR) is 158 cm³/mol. The molecule has 0 aliphatic rings. The molecule has 11 heteroatoms. The first kappa shape index (κ1) is 31.0. The number of nitrogens with zero attached hydrogens (tertiary/aromatic N) is 2. The van der Waals surface area contributed by atoms with E-state index < -0.39 is 28.5 Å². The molecule has 1 atom stereocenters. The summed E-state index contributed by atoms with van der Waals surface area (Å²) in [6, 6.07) is 19.2. The summed E-state index contributed by atoms with van der Waals surface area (Å²) >= 11 is 3.44. The Hall–Kier alpha value is -3.57. The van der Waals surface area contributed by atoms with E-state index in [0.29, 0.717) is 18.0 Å². The Morgan fingerprint density at radius 3 is 2.27 bits per heavy atom. The lowest BCUT2D eigenvalue weighted by Gasteiger charge is -2.32. The summed E-state index contributed by atoms with van der Waals surface area (Å²) in [7, 11) is -1.37. The first-order valence-electron chi connectivity index (χ1n) is 12.7. The van der Waals surface area contributed by atoms with Crippen LogP contribution in [0.25, 0.3) is 0 Å². The molecule has 0 unspecified atom stereocenters. The molecule has 0 spiro atoms. The molecule has 214 valence electrons. The lowest BCUT2D eigenvalue weighted by molar-refractivity contribution is -0.139. The Kier molecular flexibility index (Phi) is 11.0. The highest BCUT2D eigenvalue weighted by molar-refractivity contribution is 9.10. The molecule has 0 aliphatic heterocycles. The zero-order valence-corrected chi connectivity index (χ0v) is 25.4. The van der Waals surface area contributed by atoms with Crippen LogP contribution in [-0.2, 0) is 26.2 Å². The van der Waals surface area contributed by atoms with Crippen LogP contribution < -0.4 is 19.1 Å². The van der Waals surface area contributed by atoms with Crippen molar-refractivity contribution < 1.29 is 27.5 Å². The molecule has 40 heavy (non-hydrogen) atoms. The van der Waals surface area contributed by atoms with Gasteiger partial charge in [0, 0.05) is 23.6 Å². The number of anilines is 1. The normalized spacial score (nSPS) is 11.8. The molecule has 0 saturated carbocycles. The maximum Gasteiger partial charge on any atom is 0.264 e. The molecule has 0 radical (unpaired) electrons. The van der Waals surface area contributed by atoms with Crippen molar-refractivity contribution in [2.75, 3.05) is 31.6 Å². The van der Waals surface area contributed by atoms with Crippen LogP contribution in [-0.4, -0.2) is 58.5 Å². The standard InChI is InChI=1S/C29H34BrN3O6S/c1-5-16-31-29(35)21(2)32(19-22-10-9-11-23(30)17-22)28(34)20-33(24-12-7-6-8-13-24)40(36,37)25-14-15-26(38-3)27(18-25)39-4/h6-15,17-18,21H,5,16,19-20H2,1-4H3,(H,31,35)/t21-/m0/s1. The van der Waals surface area contributed by atoms with Gasteiger partial charge in [0.05, 0.1) is 24.8 Å². The lowest BCUT2D eigenvalue weighted by Crippen LogP contribution is -2.51. The van der Waals surface area contributed by atoms with Gasteiger partial charge in [0.2, 0.25) is 11.8 Å². The van der Waals surface area contributed by atoms with E-state index in [1.165, 1.54) is 37.3 Å². The van der Waals surface area contributed by atoms with Crippen LogP contribution >= 0.6 is 15.9 Å². The van der Waals surface area contributed by atoms with Gasteiger partial charge in [0.15, 0.2) is 11.5 Å². The highest BCUT2D eigenvalue weighted by Gasteiger charge is 2.33. The van der Waals surface area contributed by atoms with E-state index in [9.17, 15) is 18.0 Å². The number of carbonyl (C=O) groups is 2. The average Bonchev–Trinajstić information content (AvgIpc) is 2.96. The van der Waals surface area contributed by atoms with Crippen molar-refractivity contribution >= 4 is 43.5 Å². The number of hydrogen-bond donors (Lipinski definition) is 1. The van der Waals surface area contributed by atoms with E-state index in [2.05, 4.69) is 21.2 Å². The average molecular weight is 633 g/mol. The van der Waals surface area contributed by atoms with Crippen molar-refractivity contribution in [1.82, 2.24) is 10.2 Å². The van der Waals surface area contributed by atoms with Crippen LogP contribution in [0.2, 0.25) is 0 Å². The van der Waals surface area contributed by atoms with Crippen molar-refractivity contribution in [3.63, 3.8) is 0 Å². The second-order valence-electron chi connectivity index (χ2n) is 8.98. The molecule has 3 rings (SSSR count). The van der Waals surface area contributed by atoms with Gasteiger partial charge < -0.3 is 19.7 Å². The first-order chi connectivity index (χ1) is 19.1. The molecule has 1 N–H and O–H groups in total. The summed E-state index contributed by atoms with van der Waals surface area (Å²) in [6.07, 6.45) is 0.739. The van der Waals surface area contributed by atoms with Crippen molar-refractivity contribution in [2.24, 2.45) is 0 Å². The van der Waals surface area contributed by atoms with E-state index in [0.717, 1.165) is 20.8 Å². The minimum atomic E-state index is -4.24. The molecular weight excluding hydrogens is 598 g/mol. The molecule has 9 nitrogen and oxygen atoms in total. The number of rotatable bonds is 13. The second-order valence-corrected chi connectivity index (χ2v) is 11.8. The van der Waals surface area contributed by atoms with Gasteiger partial charge in [-0.1, -0.05) is 53.2 Å². The monoisotopic (exact) mass is 631 g/mol. The molecule has 0 aromatic heterocycles. The third-order valence-electron chi connectivity index (χ3n) is 6.22. The Morgan fingerprint density at radius 2 is 1.65 bits per heavy atom. The lowest BCUT2D eigenvalue weighted by atomic mass is 10.1. The van der Waals surface area contributed by atoms with Gasteiger partial charge >= 0.3 is 0 Å². The molecule has 0 heterocycles. The topological polar surface area (TPSA) is 105 Å². The molecule has 3 aromatic rings. The highest BCUT2D eigenvalue weighted by atomic mass is 79.9. The summed E-state index contributed by atoms with van der Waals surface area (Å²) in [5.41, 5.74) is 1.09. The van der Waals surface area contributed by atoms with E-state index in [4.69, 9.17) is 9.47 Å². The number of benzene rings is 3. The van der Waals surface area contributed by atoms with Crippen molar-refractivity contribution in [2.45, 2.75) is 37.8 Å². The number of para-hydroxylation sites is 1. The van der Waals surface area contributed by atoms with E-state index in [1.807, 2.05) is 31.2 Å². The van der Waals surface area contributed by atoms with Crippen LogP contribution in [0.15, 0.2) is 82.2 Å². The summed E-state index contributed by atoms with van der Waals surface area (Å²) < 4.78 is 40.4. The first-order valence-corrected chi connectivity index (χ1v) is 15.0. The Bertz CT molecular complexity index is 1420. The largest absolute Gasteiger partial charge is 0.493 e. The van der Waals surface area contributed by atoms with Gasteiger partial charge in [-0.05, 0) is 55.3 Å². The highest BCUT2D eigenvalue weighted by Crippen LogP contribution is 2.32. The Balaban J connectivity index is 2.03. The third kappa shape index (κ3) is 7.54. The number of carbonyl (C=O) groups excluding carboxylic acids is 2. The smallest absolute Gasteiger partial charge is 0.264 e. The number of nitrogens with one attached hydrogen (secondary N) is 1. The van der Waals surface area contributed by atoms with Crippen LogP contribution in [0.3, 0.4) is 0 Å². The van der Waals surface area contributed by atoms with Crippen LogP contribution in [0.1, 0.15) is 25.8 Å². The maximum absolute atomic E-state index is 14.0. The zero-order valence-electron chi connectivity index (χ0n) is 23.0. The number of amides is 2.